The van der Waals surface area contributed by atoms with Gasteiger partial charge in [0.1, 0.15) is 0 Å². The molecule has 2 aliphatic heterocycles. The maximum absolute atomic E-state index is 4.63. The number of aliphatic imine (C=N–C) groups is 2. The zero-order valence-corrected chi connectivity index (χ0v) is 9.09. The van der Waals surface area contributed by atoms with Crippen LogP contribution in [0.5, 0.6) is 0 Å². The van der Waals surface area contributed by atoms with Gasteiger partial charge in [-0.1, -0.05) is 24.3 Å². The quantitative estimate of drug-likeness (QED) is 0.671. The van der Waals surface area contributed by atoms with Crippen LogP contribution in [0.15, 0.2) is 52.6 Å². The summed E-state index contributed by atoms with van der Waals surface area (Å²) in [6.45, 7) is 0. The van der Waals surface area contributed by atoms with Crippen molar-refractivity contribution in [2.75, 3.05) is 0 Å². The zero-order valence-electron chi connectivity index (χ0n) is 9.09. The molecule has 0 bridgehead atoms. The summed E-state index contributed by atoms with van der Waals surface area (Å²) < 4.78 is 0. The Morgan fingerprint density at radius 2 is 1.88 bits per heavy atom. The fraction of sp³-hybridized carbons (Fsp3) is 0.0714. The smallest absolute Gasteiger partial charge is 0.156 e. The van der Waals surface area contributed by atoms with E-state index in [4.69, 9.17) is 0 Å². The molecule has 3 nitrogen and oxygen atoms in total. The molecule has 0 saturated carbocycles. The fourth-order valence-electron chi connectivity index (χ4n) is 2.33. The highest BCUT2D eigenvalue weighted by atomic mass is 15.0. The number of rotatable bonds is 0. The molecule has 3 heteroatoms. The van der Waals surface area contributed by atoms with Crippen molar-refractivity contribution in [2.45, 2.75) is 6.42 Å². The van der Waals surface area contributed by atoms with Crippen LogP contribution in [-0.2, 0) is 6.42 Å². The van der Waals surface area contributed by atoms with Crippen molar-refractivity contribution in [2.24, 2.45) is 9.98 Å². The van der Waals surface area contributed by atoms with Crippen molar-refractivity contribution in [3.05, 3.63) is 53.7 Å². The van der Waals surface area contributed by atoms with E-state index in [0.29, 0.717) is 0 Å². The highest BCUT2D eigenvalue weighted by molar-refractivity contribution is 6.53. The van der Waals surface area contributed by atoms with Crippen molar-refractivity contribution in [3.8, 4) is 0 Å². The lowest BCUT2D eigenvalue weighted by atomic mass is 9.99. The third-order valence-corrected chi connectivity index (χ3v) is 3.13. The molecule has 0 radical (unpaired) electrons. The normalized spacial score (nSPS) is 15.5. The number of para-hydroxylation sites is 1. The Morgan fingerprint density at radius 3 is 2.88 bits per heavy atom. The Bertz CT molecular complexity index is 683. The van der Waals surface area contributed by atoms with Crippen LogP contribution >= 0.6 is 0 Å². The van der Waals surface area contributed by atoms with Gasteiger partial charge in [0, 0.05) is 23.7 Å². The molecule has 0 fully saturated rings. The molecule has 1 aromatic heterocycles. The Hall–Kier alpha value is -2.29. The predicted molar refractivity (Wildman–Crippen MR) is 67.7 cm³/mol. The molecule has 0 aliphatic carbocycles. The number of benzene rings is 1. The SMILES string of the molecule is c1cnc2c(c1)CC1=Nc3ccccc3C1=N2. The van der Waals surface area contributed by atoms with Crippen LogP contribution in [0.25, 0.3) is 0 Å². The summed E-state index contributed by atoms with van der Waals surface area (Å²) in [6, 6.07) is 12.1. The molecular weight excluding hydrogens is 210 g/mol. The van der Waals surface area contributed by atoms with Crippen molar-refractivity contribution < 1.29 is 0 Å². The van der Waals surface area contributed by atoms with Gasteiger partial charge in [-0.05, 0) is 12.1 Å². The molecule has 3 heterocycles. The second-order valence-corrected chi connectivity index (χ2v) is 4.20. The highest BCUT2D eigenvalue weighted by Gasteiger charge is 2.26. The van der Waals surface area contributed by atoms with E-state index in [1.54, 1.807) is 6.20 Å². The van der Waals surface area contributed by atoms with Crippen molar-refractivity contribution in [3.63, 3.8) is 0 Å². The van der Waals surface area contributed by atoms with E-state index < -0.39 is 0 Å². The summed E-state index contributed by atoms with van der Waals surface area (Å²) >= 11 is 0. The summed E-state index contributed by atoms with van der Waals surface area (Å²) in [5.41, 5.74) is 5.36. The Morgan fingerprint density at radius 1 is 0.941 bits per heavy atom. The zero-order chi connectivity index (χ0) is 11.2. The van der Waals surface area contributed by atoms with E-state index in [2.05, 4.69) is 27.1 Å². The molecule has 4 rings (SSSR count). The van der Waals surface area contributed by atoms with Crippen molar-refractivity contribution >= 4 is 22.9 Å². The first kappa shape index (κ1) is 8.82. The Labute approximate surface area is 98.6 Å². The summed E-state index contributed by atoms with van der Waals surface area (Å²) in [6.07, 6.45) is 2.61. The van der Waals surface area contributed by atoms with Gasteiger partial charge in [0.2, 0.25) is 0 Å². The monoisotopic (exact) mass is 219 g/mol. The maximum atomic E-state index is 4.63. The average Bonchev–Trinajstić information content (AvgIpc) is 2.73. The van der Waals surface area contributed by atoms with Crippen LogP contribution in [0.2, 0.25) is 0 Å². The standard InChI is InChI=1S/C14H9N3/c1-2-6-11-10(5-1)13-12(16-11)8-9-4-3-7-15-14(9)17-13/h1-7H,8H2. The van der Waals surface area contributed by atoms with E-state index in [1.807, 2.05) is 24.3 Å². The van der Waals surface area contributed by atoms with Gasteiger partial charge in [0.25, 0.3) is 0 Å². The number of fused-ring (bicyclic) bond motifs is 4. The van der Waals surface area contributed by atoms with E-state index in [9.17, 15) is 0 Å². The van der Waals surface area contributed by atoms with E-state index in [1.165, 1.54) is 0 Å². The number of nitrogens with zero attached hydrogens (tertiary/aromatic N) is 3. The average molecular weight is 219 g/mol. The highest BCUT2D eigenvalue weighted by Crippen LogP contribution is 2.33. The molecule has 0 atom stereocenters. The van der Waals surface area contributed by atoms with E-state index in [-0.39, 0.29) is 0 Å². The topological polar surface area (TPSA) is 37.6 Å². The lowest BCUT2D eigenvalue weighted by Crippen LogP contribution is -2.18. The van der Waals surface area contributed by atoms with Gasteiger partial charge in [-0.15, -0.1) is 0 Å². The van der Waals surface area contributed by atoms with Crippen LogP contribution in [0.4, 0.5) is 11.5 Å². The number of hydrogen-bond acceptors (Lipinski definition) is 3. The van der Waals surface area contributed by atoms with Crippen LogP contribution in [0.3, 0.4) is 0 Å². The number of aromatic nitrogens is 1. The minimum absolute atomic E-state index is 0.830. The van der Waals surface area contributed by atoms with Gasteiger partial charge in [0.15, 0.2) is 5.82 Å². The molecule has 0 amide bonds. The molecule has 2 aromatic rings. The van der Waals surface area contributed by atoms with Crippen LogP contribution in [-0.4, -0.2) is 16.4 Å². The number of pyridine rings is 1. The molecule has 1 aromatic carbocycles. The lowest BCUT2D eigenvalue weighted by molar-refractivity contribution is 1.18. The van der Waals surface area contributed by atoms with E-state index >= 15 is 0 Å². The second kappa shape index (κ2) is 3.10. The first-order valence-corrected chi connectivity index (χ1v) is 5.62. The van der Waals surface area contributed by atoms with Crippen LogP contribution in [0.1, 0.15) is 11.1 Å². The first-order chi connectivity index (χ1) is 8.42. The molecule has 80 valence electrons. The van der Waals surface area contributed by atoms with Crippen molar-refractivity contribution in [1.82, 2.24) is 4.98 Å². The molecular formula is C14H9N3. The summed E-state index contributed by atoms with van der Waals surface area (Å²) in [4.78, 5) is 13.6. The Kier molecular flexibility index (Phi) is 1.61. The third-order valence-electron chi connectivity index (χ3n) is 3.13. The number of hydrogen-bond donors (Lipinski definition) is 0. The molecule has 2 aliphatic rings. The van der Waals surface area contributed by atoms with E-state index in [0.717, 1.165) is 40.5 Å². The molecule has 17 heavy (non-hydrogen) atoms. The summed E-state index contributed by atoms with van der Waals surface area (Å²) in [7, 11) is 0. The molecule has 0 unspecified atom stereocenters. The largest absolute Gasteiger partial charge is 0.250 e. The third kappa shape index (κ3) is 1.19. The Balaban J connectivity index is 1.97. The second-order valence-electron chi connectivity index (χ2n) is 4.20. The van der Waals surface area contributed by atoms with Gasteiger partial charge in [0.05, 0.1) is 17.1 Å². The molecule has 0 N–H and O–H groups in total. The van der Waals surface area contributed by atoms with Crippen LogP contribution in [0, 0.1) is 0 Å². The molecule has 0 saturated heterocycles. The van der Waals surface area contributed by atoms with Gasteiger partial charge < -0.3 is 0 Å². The summed E-state index contributed by atoms with van der Waals surface area (Å²) in [5, 5.41) is 0. The first-order valence-electron chi connectivity index (χ1n) is 5.62. The minimum atomic E-state index is 0.830. The van der Waals surface area contributed by atoms with Crippen molar-refractivity contribution in [1.29, 1.82) is 0 Å². The van der Waals surface area contributed by atoms with Gasteiger partial charge >= 0.3 is 0 Å². The maximum Gasteiger partial charge on any atom is 0.156 e. The molecule has 0 spiro atoms. The van der Waals surface area contributed by atoms with Gasteiger partial charge in [-0.25, -0.2) is 9.98 Å². The van der Waals surface area contributed by atoms with Crippen LogP contribution < -0.4 is 0 Å². The van der Waals surface area contributed by atoms with Gasteiger partial charge in [-0.3, -0.25) is 4.99 Å². The predicted octanol–water partition coefficient (Wildman–Crippen LogP) is 2.84. The fourth-order valence-corrected chi connectivity index (χ4v) is 2.33. The lowest BCUT2D eigenvalue weighted by Gasteiger charge is -2.12. The van der Waals surface area contributed by atoms with Gasteiger partial charge in [-0.2, -0.15) is 0 Å². The minimum Gasteiger partial charge on any atom is -0.250 e. The summed E-state index contributed by atoms with van der Waals surface area (Å²) in [5.74, 6) is 0.832.